The van der Waals surface area contributed by atoms with Gasteiger partial charge in [-0.05, 0) is 50.2 Å². The van der Waals surface area contributed by atoms with Crippen LogP contribution in [0.2, 0.25) is 0 Å². The molecule has 1 aromatic rings. The Morgan fingerprint density at radius 3 is 2.54 bits per heavy atom. The third-order valence-electron chi connectivity index (χ3n) is 4.64. The van der Waals surface area contributed by atoms with Crippen molar-refractivity contribution < 1.29 is 13.2 Å². The zero-order valence-corrected chi connectivity index (χ0v) is 15.4. The van der Waals surface area contributed by atoms with Gasteiger partial charge in [0, 0.05) is 26.1 Å². The standard InChI is InChI=1S/C18H28N2O3S/c1-3-12-19-18(21)9-8-16-10-13-20(14-11-16)24(22,23)17-7-5-4-6-15(17)2/h4-7,16H,3,8-14H2,1-2H3,(H,19,21). The van der Waals surface area contributed by atoms with E-state index in [0.717, 1.165) is 37.8 Å². The van der Waals surface area contributed by atoms with Crippen LogP contribution in [0, 0.1) is 12.8 Å². The Morgan fingerprint density at radius 2 is 1.92 bits per heavy atom. The van der Waals surface area contributed by atoms with Crippen LogP contribution in [0.25, 0.3) is 0 Å². The van der Waals surface area contributed by atoms with Crippen LogP contribution in [0.4, 0.5) is 0 Å². The van der Waals surface area contributed by atoms with Crippen molar-refractivity contribution in [3.05, 3.63) is 29.8 Å². The SMILES string of the molecule is CCCNC(=O)CCC1CCN(S(=O)(=O)c2ccccc2C)CC1. The molecule has 0 aliphatic carbocycles. The number of carbonyl (C=O) groups excluding carboxylic acids is 1. The van der Waals surface area contributed by atoms with E-state index < -0.39 is 10.0 Å². The monoisotopic (exact) mass is 352 g/mol. The number of nitrogens with zero attached hydrogens (tertiary/aromatic N) is 1. The van der Waals surface area contributed by atoms with Gasteiger partial charge >= 0.3 is 0 Å². The molecule has 1 heterocycles. The number of hydrogen-bond acceptors (Lipinski definition) is 3. The molecule has 1 amide bonds. The van der Waals surface area contributed by atoms with Crippen molar-refractivity contribution in [3.8, 4) is 0 Å². The number of sulfonamides is 1. The fourth-order valence-corrected chi connectivity index (χ4v) is 4.81. The summed E-state index contributed by atoms with van der Waals surface area (Å²) in [5.41, 5.74) is 0.784. The highest BCUT2D eigenvalue weighted by atomic mass is 32.2. The molecule has 0 bridgehead atoms. The van der Waals surface area contributed by atoms with Gasteiger partial charge in [0.1, 0.15) is 0 Å². The number of aryl methyl sites for hydroxylation is 1. The minimum absolute atomic E-state index is 0.104. The molecule has 1 N–H and O–H groups in total. The lowest BCUT2D eigenvalue weighted by Crippen LogP contribution is -2.39. The maximum absolute atomic E-state index is 12.8. The number of rotatable bonds is 7. The predicted octanol–water partition coefficient (Wildman–Crippen LogP) is 2.70. The molecule has 5 nitrogen and oxygen atoms in total. The van der Waals surface area contributed by atoms with Crippen LogP contribution in [-0.2, 0) is 14.8 Å². The Bertz CT molecular complexity index is 650. The van der Waals surface area contributed by atoms with Crippen LogP contribution in [0.1, 0.15) is 44.6 Å². The molecular weight excluding hydrogens is 324 g/mol. The molecule has 0 unspecified atom stereocenters. The maximum atomic E-state index is 12.8. The maximum Gasteiger partial charge on any atom is 0.243 e. The molecule has 0 aromatic heterocycles. The first-order valence-corrected chi connectivity index (χ1v) is 10.2. The van der Waals surface area contributed by atoms with Crippen molar-refractivity contribution >= 4 is 15.9 Å². The Kier molecular flexibility index (Phi) is 6.80. The number of nitrogens with one attached hydrogen (secondary N) is 1. The average molecular weight is 353 g/mol. The van der Waals surface area contributed by atoms with Crippen LogP contribution >= 0.6 is 0 Å². The zero-order valence-electron chi connectivity index (χ0n) is 14.6. The number of carbonyl (C=O) groups is 1. The van der Waals surface area contributed by atoms with Crippen LogP contribution < -0.4 is 5.32 Å². The van der Waals surface area contributed by atoms with Gasteiger partial charge in [0.05, 0.1) is 4.90 Å². The second kappa shape index (κ2) is 8.62. The molecule has 0 radical (unpaired) electrons. The molecule has 1 fully saturated rings. The van der Waals surface area contributed by atoms with Crippen LogP contribution in [-0.4, -0.2) is 38.3 Å². The molecule has 24 heavy (non-hydrogen) atoms. The summed E-state index contributed by atoms with van der Waals surface area (Å²) in [5.74, 6) is 0.535. The molecule has 0 spiro atoms. The normalized spacial score (nSPS) is 16.9. The first kappa shape index (κ1) is 18.9. The number of hydrogen-bond donors (Lipinski definition) is 1. The molecule has 1 saturated heterocycles. The summed E-state index contributed by atoms with van der Waals surface area (Å²) in [6, 6.07) is 7.12. The van der Waals surface area contributed by atoms with E-state index in [1.54, 1.807) is 16.4 Å². The van der Waals surface area contributed by atoms with Gasteiger partial charge in [-0.25, -0.2) is 8.42 Å². The fourth-order valence-electron chi connectivity index (χ4n) is 3.11. The summed E-state index contributed by atoms with van der Waals surface area (Å²) >= 11 is 0. The molecule has 1 aliphatic rings. The highest BCUT2D eigenvalue weighted by Crippen LogP contribution is 2.27. The Morgan fingerprint density at radius 1 is 1.25 bits per heavy atom. The Labute approximate surface area is 145 Å². The van der Waals surface area contributed by atoms with Gasteiger partial charge in [0.15, 0.2) is 0 Å². The van der Waals surface area contributed by atoms with Gasteiger partial charge < -0.3 is 5.32 Å². The Hall–Kier alpha value is -1.40. The summed E-state index contributed by atoms with van der Waals surface area (Å²) in [7, 11) is -3.41. The second-order valence-electron chi connectivity index (χ2n) is 6.50. The minimum Gasteiger partial charge on any atom is -0.356 e. The highest BCUT2D eigenvalue weighted by Gasteiger charge is 2.30. The lowest BCUT2D eigenvalue weighted by Gasteiger charge is -2.31. The predicted molar refractivity (Wildman–Crippen MR) is 95.2 cm³/mol. The first-order valence-electron chi connectivity index (χ1n) is 8.77. The van der Waals surface area contributed by atoms with E-state index in [1.807, 2.05) is 26.0 Å². The fraction of sp³-hybridized carbons (Fsp3) is 0.611. The highest BCUT2D eigenvalue weighted by molar-refractivity contribution is 7.89. The molecule has 1 aromatic carbocycles. The van der Waals surface area contributed by atoms with E-state index in [-0.39, 0.29) is 5.91 Å². The lowest BCUT2D eigenvalue weighted by atomic mass is 9.93. The van der Waals surface area contributed by atoms with Crippen molar-refractivity contribution in [2.24, 2.45) is 5.92 Å². The van der Waals surface area contributed by atoms with Crippen LogP contribution in [0.3, 0.4) is 0 Å². The van der Waals surface area contributed by atoms with Crippen LogP contribution in [0.5, 0.6) is 0 Å². The molecule has 0 saturated carbocycles. The summed E-state index contributed by atoms with van der Waals surface area (Å²) in [6.45, 7) is 5.67. The minimum atomic E-state index is -3.41. The van der Waals surface area contributed by atoms with Crippen molar-refractivity contribution in [1.29, 1.82) is 0 Å². The van der Waals surface area contributed by atoms with Crippen molar-refractivity contribution in [1.82, 2.24) is 9.62 Å². The third-order valence-corrected chi connectivity index (χ3v) is 6.70. The van der Waals surface area contributed by atoms with Crippen molar-refractivity contribution in [2.45, 2.75) is 50.8 Å². The smallest absolute Gasteiger partial charge is 0.243 e. The van der Waals surface area contributed by atoms with Gasteiger partial charge in [-0.3, -0.25) is 4.79 Å². The molecule has 2 rings (SSSR count). The summed E-state index contributed by atoms with van der Waals surface area (Å²) < 4.78 is 27.1. The topological polar surface area (TPSA) is 66.5 Å². The van der Waals surface area contributed by atoms with E-state index in [2.05, 4.69) is 5.32 Å². The largest absolute Gasteiger partial charge is 0.356 e. The van der Waals surface area contributed by atoms with Gasteiger partial charge in [-0.1, -0.05) is 25.1 Å². The molecule has 6 heteroatoms. The number of amides is 1. The second-order valence-corrected chi connectivity index (χ2v) is 8.41. The molecule has 134 valence electrons. The van der Waals surface area contributed by atoms with Crippen molar-refractivity contribution in [3.63, 3.8) is 0 Å². The van der Waals surface area contributed by atoms with Crippen molar-refractivity contribution in [2.75, 3.05) is 19.6 Å². The van der Waals surface area contributed by atoms with Gasteiger partial charge in [0.2, 0.25) is 15.9 Å². The van der Waals surface area contributed by atoms with Gasteiger partial charge in [-0.15, -0.1) is 0 Å². The Balaban J connectivity index is 1.86. The third kappa shape index (κ3) is 4.80. The average Bonchev–Trinajstić information content (AvgIpc) is 2.58. The van der Waals surface area contributed by atoms with Gasteiger partial charge in [0.25, 0.3) is 0 Å². The zero-order chi connectivity index (χ0) is 17.6. The number of benzene rings is 1. The van der Waals surface area contributed by atoms with E-state index in [1.165, 1.54) is 0 Å². The first-order chi connectivity index (χ1) is 11.4. The van der Waals surface area contributed by atoms with E-state index in [9.17, 15) is 13.2 Å². The van der Waals surface area contributed by atoms with E-state index in [0.29, 0.717) is 30.3 Å². The quantitative estimate of drug-likeness (QED) is 0.820. The van der Waals surface area contributed by atoms with E-state index in [4.69, 9.17) is 0 Å². The summed E-state index contributed by atoms with van der Waals surface area (Å²) in [6.07, 6.45) is 3.97. The molecule has 1 aliphatic heterocycles. The summed E-state index contributed by atoms with van der Waals surface area (Å²) in [5, 5.41) is 2.89. The molecular formula is C18H28N2O3S. The van der Waals surface area contributed by atoms with Gasteiger partial charge in [-0.2, -0.15) is 4.31 Å². The summed E-state index contributed by atoms with van der Waals surface area (Å²) in [4.78, 5) is 12.1. The number of piperidine rings is 1. The van der Waals surface area contributed by atoms with E-state index >= 15 is 0 Å². The lowest BCUT2D eigenvalue weighted by molar-refractivity contribution is -0.121. The molecule has 0 atom stereocenters. The van der Waals surface area contributed by atoms with Crippen LogP contribution in [0.15, 0.2) is 29.2 Å².